The quantitative estimate of drug-likeness (QED) is 0.365. The molecule has 0 amide bonds. The van der Waals surface area contributed by atoms with Crippen molar-refractivity contribution in [3.8, 4) is 0 Å². The number of benzene rings is 1. The van der Waals surface area contributed by atoms with Crippen LogP contribution in [-0.4, -0.2) is 23.6 Å². The molecule has 1 aliphatic rings. The monoisotopic (exact) mass is 251 g/mol. The van der Waals surface area contributed by atoms with Crippen molar-refractivity contribution in [3.05, 3.63) is 29.6 Å². The van der Waals surface area contributed by atoms with E-state index in [-0.39, 0.29) is 11.7 Å². The number of nitrogens with zero attached hydrogens (tertiary/aromatic N) is 2. The van der Waals surface area contributed by atoms with Crippen LogP contribution in [-0.2, 0) is 0 Å². The molecule has 0 aromatic heterocycles. The van der Waals surface area contributed by atoms with Crippen molar-refractivity contribution < 1.29 is 9.60 Å². The Morgan fingerprint density at radius 3 is 2.83 bits per heavy atom. The number of nitrogens with two attached hydrogens (primary N) is 1. The Balaban J connectivity index is 2.41. The molecule has 98 valence electrons. The molecule has 5 heteroatoms. The molecule has 0 spiro atoms. The Kier molecular flexibility index (Phi) is 3.69. The topological polar surface area (TPSA) is 61.8 Å². The van der Waals surface area contributed by atoms with Crippen molar-refractivity contribution in [2.24, 2.45) is 10.9 Å². The summed E-state index contributed by atoms with van der Waals surface area (Å²) >= 11 is 0. The third kappa shape index (κ3) is 2.55. The second-order valence-corrected chi connectivity index (χ2v) is 4.57. The molecule has 3 N–H and O–H groups in total. The average Bonchev–Trinajstić information content (AvgIpc) is 3.19. The summed E-state index contributed by atoms with van der Waals surface area (Å²) in [5, 5.41) is 11.8. The van der Waals surface area contributed by atoms with Gasteiger partial charge in [0.1, 0.15) is 5.82 Å². The van der Waals surface area contributed by atoms with Crippen LogP contribution in [0, 0.1) is 5.82 Å². The van der Waals surface area contributed by atoms with Crippen LogP contribution in [0.3, 0.4) is 0 Å². The summed E-state index contributed by atoms with van der Waals surface area (Å²) in [6.07, 6.45) is 3.30. The number of halogens is 1. The maximum absolute atomic E-state index is 13.3. The third-order valence-corrected chi connectivity index (χ3v) is 3.10. The van der Waals surface area contributed by atoms with Crippen LogP contribution in [0.4, 0.5) is 10.1 Å². The van der Waals surface area contributed by atoms with Crippen molar-refractivity contribution in [3.63, 3.8) is 0 Å². The van der Waals surface area contributed by atoms with Gasteiger partial charge in [-0.1, -0.05) is 12.1 Å². The van der Waals surface area contributed by atoms with Crippen LogP contribution in [0.2, 0.25) is 0 Å². The first-order chi connectivity index (χ1) is 8.67. The minimum Gasteiger partial charge on any atom is -0.409 e. The largest absolute Gasteiger partial charge is 0.409 e. The molecule has 0 bridgehead atoms. The van der Waals surface area contributed by atoms with Gasteiger partial charge in [-0.15, -0.1) is 0 Å². The highest BCUT2D eigenvalue weighted by Crippen LogP contribution is 2.34. The van der Waals surface area contributed by atoms with Crippen LogP contribution in [0.1, 0.15) is 31.7 Å². The first kappa shape index (κ1) is 12.7. The lowest BCUT2D eigenvalue weighted by Crippen LogP contribution is -2.29. The Bertz CT molecular complexity index is 458. The first-order valence-corrected chi connectivity index (χ1v) is 6.21. The lowest BCUT2D eigenvalue weighted by Gasteiger charge is -2.26. The SMILES string of the molecule is CCCN(c1ccc(F)cc1C(N)=NO)C1CC1. The molecule has 1 fully saturated rings. The van der Waals surface area contributed by atoms with Crippen molar-refractivity contribution in [2.75, 3.05) is 11.4 Å². The number of anilines is 1. The molecule has 1 aromatic rings. The predicted octanol–water partition coefficient (Wildman–Crippen LogP) is 2.30. The molecule has 0 aliphatic heterocycles. The first-order valence-electron chi connectivity index (χ1n) is 6.21. The molecule has 0 atom stereocenters. The van der Waals surface area contributed by atoms with E-state index in [4.69, 9.17) is 10.9 Å². The third-order valence-electron chi connectivity index (χ3n) is 3.10. The Labute approximate surface area is 106 Å². The number of hydrogen-bond donors (Lipinski definition) is 2. The van der Waals surface area contributed by atoms with Gasteiger partial charge in [0.15, 0.2) is 5.84 Å². The highest BCUT2D eigenvalue weighted by Gasteiger charge is 2.30. The zero-order valence-electron chi connectivity index (χ0n) is 10.4. The van der Waals surface area contributed by atoms with E-state index < -0.39 is 0 Å². The maximum Gasteiger partial charge on any atom is 0.172 e. The van der Waals surface area contributed by atoms with E-state index in [2.05, 4.69) is 17.0 Å². The molecule has 18 heavy (non-hydrogen) atoms. The molecular weight excluding hydrogens is 233 g/mol. The summed E-state index contributed by atoms with van der Waals surface area (Å²) in [7, 11) is 0. The van der Waals surface area contributed by atoms with Gasteiger partial charge >= 0.3 is 0 Å². The maximum atomic E-state index is 13.3. The van der Waals surface area contributed by atoms with Crippen molar-refractivity contribution in [1.29, 1.82) is 0 Å². The van der Waals surface area contributed by atoms with E-state index >= 15 is 0 Å². The Hall–Kier alpha value is -1.78. The minimum absolute atomic E-state index is 0.0498. The van der Waals surface area contributed by atoms with E-state index in [0.717, 1.165) is 31.5 Å². The summed E-state index contributed by atoms with van der Waals surface area (Å²) in [6.45, 7) is 2.99. The molecule has 1 aromatic carbocycles. The molecule has 0 heterocycles. The van der Waals surface area contributed by atoms with Crippen molar-refractivity contribution in [1.82, 2.24) is 0 Å². The van der Waals surface area contributed by atoms with Crippen LogP contribution < -0.4 is 10.6 Å². The number of hydrogen-bond acceptors (Lipinski definition) is 3. The fourth-order valence-electron chi connectivity index (χ4n) is 2.14. The zero-order chi connectivity index (χ0) is 13.1. The van der Waals surface area contributed by atoms with Gasteiger partial charge in [0.25, 0.3) is 0 Å². The van der Waals surface area contributed by atoms with Gasteiger partial charge < -0.3 is 15.8 Å². The van der Waals surface area contributed by atoms with Gasteiger partial charge in [-0.25, -0.2) is 4.39 Å². The van der Waals surface area contributed by atoms with E-state index in [0.29, 0.717) is 11.6 Å². The lowest BCUT2D eigenvalue weighted by molar-refractivity contribution is 0.318. The van der Waals surface area contributed by atoms with Gasteiger partial charge in [-0.2, -0.15) is 0 Å². The molecule has 0 saturated heterocycles. The number of amidine groups is 1. The number of rotatable bonds is 5. The fraction of sp³-hybridized carbons (Fsp3) is 0.462. The van der Waals surface area contributed by atoms with Crippen LogP contribution in [0.15, 0.2) is 23.4 Å². The van der Waals surface area contributed by atoms with Crippen molar-refractivity contribution in [2.45, 2.75) is 32.2 Å². The van der Waals surface area contributed by atoms with Crippen LogP contribution in [0.5, 0.6) is 0 Å². The molecule has 2 rings (SSSR count). The smallest absolute Gasteiger partial charge is 0.172 e. The summed E-state index contributed by atoms with van der Waals surface area (Å²) in [5.41, 5.74) is 6.93. The highest BCUT2D eigenvalue weighted by atomic mass is 19.1. The molecule has 0 unspecified atom stereocenters. The lowest BCUT2D eigenvalue weighted by atomic mass is 10.1. The van der Waals surface area contributed by atoms with Crippen LogP contribution in [0.25, 0.3) is 0 Å². The van der Waals surface area contributed by atoms with Gasteiger partial charge in [-0.3, -0.25) is 0 Å². The Morgan fingerprint density at radius 2 is 2.28 bits per heavy atom. The van der Waals surface area contributed by atoms with Gasteiger partial charge in [-0.05, 0) is 37.5 Å². The van der Waals surface area contributed by atoms with Crippen molar-refractivity contribution >= 4 is 11.5 Å². The molecule has 0 radical (unpaired) electrons. The van der Waals surface area contributed by atoms with E-state index in [9.17, 15) is 4.39 Å². The van der Waals surface area contributed by atoms with Crippen LogP contribution >= 0.6 is 0 Å². The predicted molar refractivity (Wildman–Crippen MR) is 69.6 cm³/mol. The Morgan fingerprint density at radius 1 is 1.56 bits per heavy atom. The molecular formula is C13H18FN3O. The normalized spacial score (nSPS) is 15.8. The molecule has 1 aliphatic carbocycles. The number of oxime groups is 1. The summed E-state index contributed by atoms with van der Waals surface area (Å²) < 4.78 is 13.3. The van der Waals surface area contributed by atoms with E-state index in [1.807, 2.05) is 0 Å². The molecule has 1 saturated carbocycles. The van der Waals surface area contributed by atoms with Gasteiger partial charge in [0.2, 0.25) is 0 Å². The fourth-order valence-corrected chi connectivity index (χ4v) is 2.14. The second kappa shape index (κ2) is 5.25. The minimum atomic E-state index is -0.382. The highest BCUT2D eigenvalue weighted by molar-refractivity contribution is 6.02. The van der Waals surface area contributed by atoms with Gasteiger partial charge in [0, 0.05) is 23.8 Å². The molecule has 4 nitrogen and oxygen atoms in total. The van der Waals surface area contributed by atoms with E-state index in [1.54, 1.807) is 6.07 Å². The average molecular weight is 251 g/mol. The zero-order valence-corrected chi connectivity index (χ0v) is 10.4. The van der Waals surface area contributed by atoms with Gasteiger partial charge in [0.05, 0.1) is 0 Å². The summed E-state index contributed by atoms with van der Waals surface area (Å²) in [5.74, 6) is -0.432. The summed E-state index contributed by atoms with van der Waals surface area (Å²) in [4.78, 5) is 2.22. The van der Waals surface area contributed by atoms with E-state index in [1.165, 1.54) is 12.1 Å². The second-order valence-electron chi connectivity index (χ2n) is 4.57. The standard InChI is InChI=1S/C13H18FN3O/c1-2-7-17(10-4-5-10)12-6-3-9(14)8-11(12)13(15)16-18/h3,6,8,10,18H,2,4-5,7H2,1H3,(H2,15,16). The summed E-state index contributed by atoms with van der Waals surface area (Å²) in [6, 6.07) is 4.93.